The lowest BCUT2D eigenvalue weighted by Crippen LogP contribution is -2.32. The van der Waals surface area contributed by atoms with Crippen molar-refractivity contribution in [2.24, 2.45) is 5.73 Å². The minimum absolute atomic E-state index is 0.294. The number of carbonyl (C=O) groups is 1. The summed E-state index contributed by atoms with van der Waals surface area (Å²) in [4.78, 5) is 10.6. The Hall–Kier alpha value is -1.43. The van der Waals surface area contributed by atoms with Crippen molar-refractivity contribution in [2.45, 2.75) is 18.8 Å². The largest absolute Gasteiger partial charge is 0.480 e. The summed E-state index contributed by atoms with van der Waals surface area (Å²) < 4.78 is 10.7. The summed E-state index contributed by atoms with van der Waals surface area (Å²) in [5, 5.41) is 8.71. The van der Waals surface area contributed by atoms with Crippen LogP contribution in [0.5, 0.6) is 0 Å². The molecule has 17 heavy (non-hydrogen) atoms. The Morgan fingerprint density at radius 2 is 1.94 bits per heavy atom. The van der Waals surface area contributed by atoms with E-state index in [1.807, 2.05) is 24.3 Å². The Bertz CT molecular complexity index is 384. The van der Waals surface area contributed by atoms with Gasteiger partial charge in [0.1, 0.15) is 6.04 Å². The molecular formula is C12H15NO4. The highest BCUT2D eigenvalue weighted by atomic mass is 16.7. The quantitative estimate of drug-likeness (QED) is 0.805. The number of carboxylic acids is 1. The maximum atomic E-state index is 10.6. The molecule has 0 aliphatic carbocycles. The van der Waals surface area contributed by atoms with E-state index in [2.05, 4.69) is 0 Å². The number of rotatable bonds is 4. The van der Waals surface area contributed by atoms with Gasteiger partial charge in [0.15, 0.2) is 6.29 Å². The Balaban J connectivity index is 2.00. The van der Waals surface area contributed by atoms with Gasteiger partial charge < -0.3 is 20.3 Å². The van der Waals surface area contributed by atoms with Crippen molar-refractivity contribution in [1.82, 2.24) is 0 Å². The van der Waals surface area contributed by atoms with Crippen molar-refractivity contribution >= 4 is 5.97 Å². The SMILES string of the molecule is NC(Cc1ccc(C2OCCO2)cc1)C(=O)O. The summed E-state index contributed by atoms with van der Waals surface area (Å²) in [5.41, 5.74) is 7.29. The molecule has 3 N–H and O–H groups in total. The molecule has 0 bridgehead atoms. The van der Waals surface area contributed by atoms with Crippen LogP contribution in [0.2, 0.25) is 0 Å². The molecule has 0 aromatic heterocycles. The van der Waals surface area contributed by atoms with Gasteiger partial charge in [-0.1, -0.05) is 24.3 Å². The van der Waals surface area contributed by atoms with Gasteiger partial charge in [0.2, 0.25) is 0 Å². The van der Waals surface area contributed by atoms with E-state index >= 15 is 0 Å². The number of nitrogens with two attached hydrogens (primary N) is 1. The molecule has 2 rings (SSSR count). The maximum Gasteiger partial charge on any atom is 0.320 e. The van der Waals surface area contributed by atoms with Crippen LogP contribution in [0.1, 0.15) is 17.4 Å². The summed E-state index contributed by atoms with van der Waals surface area (Å²) in [7, 11) is 0. The van der Waals surface area contributed by atoms with Gasteiger partial charge >= 0.3 is 5.97 Å². The van der Waals surface area contributed by atoms with Gasteiger partial charge in [-0.05, 0) is 12.0 Å². The van der Waals surface area contributed by atoms with E-state index in [9.17, 15) is 4.79 Å². The van der Waals surface area contributed by atoms with Crippen LogP contribution in [0.25, 0.3) is 0 Å². The second-order valence-electron chi connectivity index (χ2n) is 3.96. The van der Waals surface area contributed by atoms with E-state index in [1.165, 1.54) is 0 Å². The number of carboxylic acid groups (broad SMARTS) is 1. The van der Waals surface area contributed by atoms with Crippen molar-refractivity contribution in [3.8, 4) is 0 Å². The molecule has 1 aliphatic heterocycles. The zero-order valence-electron chi connectivity index (χ0n) is 9.33. The van der Waals surface area contributed by atoms with Crippen LogP contribution in [0.4, 0.5) is 0 Å². The fourth-order valence-electron chi connectivity index (χ4n) is 1.70. The topological polar surface area (TPSA) is 81.8 Å². The Morgan fingerprint density at radius 1 is 1.35 bits per heavy atom. The van der Waals surface area contributed by atoms with E-state index in [0.717, 1.165) is 11.1 Å². The van der Waals surface area contributed by atoms with Crippen LogP contribution >= 0.6 is 0 Å². The number of ether oxygens (including phenoxy) is 2. The Morgan fingerprint density at radius 3 is 2.47 bits per heavy atom. The smallest absolute Gasteiger partial charge is 0.320 e. The van der Waals surface area contributed by atoms with Crippen molar-refractivity contribution in [2.75, 3.05) is 13.2 Å². The average Bonchev–Trinajstić information content (AvgIpc) is 2.83. The summed E-state index contributed by atoms with van der Waals surface area (Å²) in [5.74, 6) is -0.989. The minimum atomic E-state index is -0.989. The third-order valence-electron chi connectivity index (χ3n) is 2.65. The van der Waals surface area contributed by atoms with Gasteiger partial charge in [-0.25, -0.2) is 0 Å². The second-order valence-corrected chi connectivity index (χ2v) is 3.96. The van der Waals surface area contributed by atoms with Crippen molar-refractivity contribution < 1.29 is 19.4 Å². The lowest BCUT2D eigenvalue weighted by atomic mass is 10.0. The lowest BCUT2D eigenvalue weighted by molar-refractivity contribution is -0.138. The lowest BCUT2D eigenvalue weighted by Gasteiger charge is -2.11. The predicted molar refractivity (Wildman–Crippen MR) is 60.4 cm³/mol. The third-order valence-corrected chi connectivity index (χ3v) is 2.65. The molecule has 1 unspecified atom stereocenters. The highest BCUT2D eigenvalue weighted by Crippen LogP contribution is 2.23. The number of benzene rings is 1. The van der Waals surface area contributed by atoms with Crippen LogP contribution in [-0.2, 0) is 20.7 Å². The zero-order chi connectivity index (χ0) is 12.3. The molecule has 0 amide bonds. The molecule has 1 aromatic carbocycles. The van der Waals surface area contributed by atoms with Gasteiger partial charge in [0.25, 0.3) is 0 Å². The van der Waals surface area contributed by atoms with Gasteiger partial charge in [0.05, 0.1) is 13.2 Å². The first-order valence-corrected chi connectivity index (χ1v) is 5.47. The highest BCUT2D eigenvalue weighted by Gasteiger charge is 2.18. The molecule has 0 spiro atoms. The van der Waals surface area contributed by atoms with Gasteiger partial charge in [-0.3, -0.25) is 4.79 Å². The van der Waals surface area contributed by atoms with Crippen LogP contribution < -0.4 is 5.73 Å². The molecule has 5 heteroatoms. The molecule has 1 aliphatic rings. The monoisotopic (exact) mass is 237 g/mol. The van der Waals surface area contributed by atoms with E-state index in [1.54, 1.807) is 0 Å². The van der Waals surface area contributed by atoms with E-state index < -0.39 is 12.0 Å². The molecular weight excluding hydrogens is 222 g/mol. The fraction of sp³-hybridized carbons (Fsp3) is 0.417. The standard InChI is InChI=1S/C12H15NO4/c13-10(11(14)15)7-8-1-3-9(4-2-8)12-16-5-6-17-12/h1-4,10,12H,5-7,13H2,(H,14,15). The molecule has 1 saturated heterocycles. The number of aliphatic carboxylic acids is 1. The normalized spacial score (nSPS) is 18.2. The molecule has 0 saturated carbocycles. The second kappa shape index (κ2) is 5.27. The first-order chi connectivity index (χ1) is 8.16. The van der Waals surface area contributed by atoms with Crippen LogP contribution in [-0.4, -0.2) is 30.3 Å². The van der Waals surface area contributed by atoms with Crippen molar-refractivity contribution in [3.05, 3.63) is 35.4 Å². The van der Waals surface area contributed by atoms with E-state index in [-0.39, 0.29) is 6.29 Å². The third kappa shape index (κ3) is 3.03. The summed E-state index contributed by atoms with van der Waals surface area (Å²) in [6.45, 7) is 1.21. The summed E-state index contributed by atoms with van der Waals surface area (Å²) in [6, 6.07) is 6.59. The molecule has 5 nitrogen and oxygen atoms in total. The highest BCUT2D eigenvalue weighted by molar-refractivity contribution is 5.73. The average molecular weight is 237 g/mol. The van der Waals surface area contributed by atoms with Gasteiger partial charge in [-0.2, -0.15) is 0 Å². The summed E-state index contributed by atoms with van der Waals surface area (Å²) in [6.07, 6.45) is 0.0272. The van der Waals surface area contributed by atoms with Crippen molar-refractivity contribution in [3.63, 3.8) is 0 Å². The van der Waals surface area contributed by atoms with Crippen LogP contribution in [0.15, 0.2) is 24.3 Å². The van der Waals surface area contributed by atoms with Crippen LogP contribution in [0.3, 0.4) is 0 Å². The van der Waals surface area contributed by atoms with Gasteiger partial charge in [0, 0.05) is 5.56 Å². The molecule has 1 heterocycles. The van der Waals surface area contributed by atoms with E-state index in [4.69, 9.17) is 20.3 Å². The number of hydrogen-bond donors (Lipinski definition) is 2. The Kier molecular flexibility index (Phi) is 3.73. The first kappa shape index (κ1) is 12.0. The van der Waals surface area contributed by atoms with Crippen molar-refractivity contribution in [1.29, 1.82) is 0 Å². The fourth-order valence-corrected chi connectivity index (χ4v) is 1.70. The minimum Gasteiger partial charge on any atom is -0.480 e. The van der Waals surface area contributed by atoms with Gasteiger partial charge in [-0.15, -0.1) is 0 Å². The zero-order valence-corrected chi connectivity index (χ0v) is 9.33. The summed E-state index contributed by atoms with van der Waals surface area (Å²) >= 11 is 0. The molecule has 1 fully saturated rings. The molecule has 1 atom stereocenters. The maximum absolute atomic E-state index is 10.6. The molecule has 1 aromatic rings. The Labute approximate surface area is 99.1 Å². The van der Waals surface area contributed by atoms with Crippen LogP contribution in [0, 0.1) is 0 Å². The first-order valence-electron chi connectivity index (χ1n) is 5.47. The van der Waals surface area contributed by atoms with E-state index in [0.29, 0.717) is 19.6 Å². The molecule has 92 valence electrons. The number of hydrogen-bond acceptors (Lipinski definition) is 4. The molecule has 0 radical (unpaired) electrons. The predicted octanol–water partition coefficient (Wildman–Crippen LogP) is 0.686.